The first-order valence-corrected chi connectivity index (χ1v) is 7.40. The Morgan fingerprint density at radius 3 is 2.62 bits per heavy atom. The number of benzene rings is 1. The zero-order chi connectivity index (χ0) is 13.7. The normalized spacial score (nSPS) is 16.9. The number of carbonyl (C=O) groups is 1. The van der Waals surface area contributed by atoms with E-state index >= 15 is 0 Å². The number of carbonyl (C=O) groups excluding carboxylic acids is 1. The van der Waals surface area contributed by atoms with Crippen molar-refractivity contribution < 1.29 is 4.79 Å². The quantitative estimate of drug-likeness (QED) is 0.800. The molecular weight excluding hydrogens is 377 g/mol. The van der Waals surface area contributed by atoms with E-state index in [0.29, 0.717) is 12.5 Å². The molecule has 1 fully saturated rings. The molecule has 1 aliphatic rings. The standard InChI is InChI=1S/C14H20BrN3O.2ClH/c1-16-9-14(19)17-8-11-6-7-18(10-11)13-4-2-12(15)3-5-13;;/h2-5,11,16H,6-10H2,1H3,(H,17,19);2*1H. The Kier molecular flexibility index (Phi) is 10.0. The fourth-order valence-electron chi connectivity index (χ4n) is 2.37. The van der Waals surface area contributed by atoms with Crippen LogP contribution in [-0.4, -0.2) is 39.1 Å². The number of rotatable bonds is 5. The van der Waals surface area contributed by atoms with Gasteiger partial charge in [-0.1, -0.05) is 15.9 Å². The molecule has 0 aliphatic carbocycles. The summed E-state index contributed by atoms with van der Waals surface area (Å²) in [4.78, 5) is 13.8. The van der Waals surface area contributed by atoms with Gasteiger partial charge in [0, 0.05) is 29.8 Å². The van der Waals surface area contributed by atoms with Crippen molar-refractivity contribution in [3.05, 3.63) is 28.7 Å². The highest BCUT2D eigenvalue weighted by molar-refractivity contribution is 9.10. The van der Waals surface area contributed by atoms with E-state index < -0.39 is 0 Å². The summed E-state index contributed by atoms with van der Waals surface area (Å²) in [6, 6.07) is 8.40. The SMILES string of the molecule is CNCC(=O)NCC1CCN(c2ccc(Br)cc2)C1.Cl.Cl. The molecule has 1 aromatic carbocycles. The molecule has 1 atom stereocenters. The lowest BCUT2D eigenvalue weighted by atomic mass is 10.1. The molecule has 0 saturated carbocycles. The molecular formula is C14H22BrCl2N3O. The van der Waals surface area contributed by atoms with E-state index in [2.05, 4.69) is 55.7 Å². The number of hydrogen-bond acceptors (Lipinski definition) is 3. The highest BCUT2D eigenvalue weighted by Crippen LogP contribution is 2.24. The lowest BCUT2D eigenvalue weighted by molar-refractivity contribution is -0.120. The number of likely N-dealkylation sites (N-methyl/N-ethyl adjacent to an activating group) is 1. The molecule has 2 rings (SSSR count). The van der Waals surface area contributed by atoms with Gasteiger partial charge in [-0.3, -0.25) is 4.79 Å². The zero-order valence-corrected chi connectivity index (χ0v) is 15.2. The monoisotopic (exact) mass is 397 g/mol. The molecule has 7 heteroatoms. The van der Waals surface area contributed by atoms with Crippen LogP contribution in [0.4, 0.5) is 5.69 Å². The highest BCUT2D eigenvalue weighted by Gasteiger charge is 2.22. The van der Waals surface area contributed by atoms with Crippen LogP contribution in [0, 0.1) is 5.92 Å². The predicted molar refractivity (Wildman–Crippen MR) is 95.9 cm³/mol. The smallest absolute Gasteiger partial charge is 0.233 e. The minimum atomic E-state index is 0. The maximum absolute atomic E-state index is 11.4. The van der Waals surface area contributed by atoms with Crippen molar-refractivity contribution >= 4 is 52.3 Å². The molecule has 1 amide bonds. The number of halogens is 3. The Hall–Kier alpha value is -0.490. The number of anilines is 1. The molecule has 0 spiro atoms. The highest BCUT2D eigenvalue weighted by atomic mass is 79.9. The molecule has 1 aliphatic heterocycles. The molecule has 2 N–H and O–H groups in total. The van der Waals surface area contributed by atoms with Gasteiger partial charge in [0.15, 0.2) is 0 Å². The fourth-order valence-corrected chi connectivity index (χ4v) is 2.63. The summed E-state index contributed by atoms with van der Waals surface area (Å²) in [5.41, 5.74) is 1.26. The Labute approximate surface area is 147 Å². The van der Waals surface area contributed by atoms with Crippen molar-refractivity contribution in [2.45, 2.75) is 6.42 Å². The van der Waals surface area contributed by atoms with E-state index in [9.17, 15) is 4.79 Å². The van der Waals surface area contributed by atoms with Crippen molar-refractivity contribution in [1.82, 2.24) is 10.6 Å². The van der Waals surface area contributed by atoms with Gasteiger partial charge in [-0.05, 0) is 43.7 Å². The topological polar surface area (TPSA) is 44.4 Å². The second-order valence-corrected chi connectivity index (χ2v) is 5.83. The Morgan fingerprint density at radius 1 is 1.33 bits per heavy atom. The molecule has 1 unspecified atom stereocenters. The largest absolute Gasteiger partial charge is 0.371 e. The minimum absolute atomic E-state index is 0. The van der Waals surface area contributed by atoms with Gasteiger partial charge in [0.1, 0.15) is 0 Å². The summed E-state index contributed by atoms with van der Waals surface area (Å²) in [5.74, 6) is 0.619. The zero-order valence-electron chi connectivity index (χ0n) is 12.0. The Morgan fingerprint density at radius 2 is 2.00 bits per heavy atom. The first-order chi connectivity index (χ1) is 9.19. The molecule has 0 radical (unpaired) electrons. The third-order valence-electron chi connectivity index (χ3n) is 3.40. The predicted octanol–water partition coefficient (Wildman–Crippen LogP) is 2.45. The first kappa shape index (κ1) is 20.5. The molecule has 1 heterocycles. The van der Waals surface area contributed by atoms with E-state index in [0.717, 1.165) is 30.5 Å². The maximum Gasteiger partial charge on any atom is 0.233 e. The van der Waals surface area contributed by atoms with E-state index in [1.807, 2.05) is 0 Å². The Bertz CT molecular complexity index is 431. The summed E-state index contributed by atoms with van der Waals surface area (Å²) < 4.78 is 1.10. The van der Waals surface area contributed by atoms with Gasteiger partial charge >= 0.3 is 0 Å². The van der Waals surface area contributed by atoms with Crippen LogP contribution in [-0.2, 0) is 4.79 Å². The second kappa shape index (κ2) is 10.3. The lowest BCUT2D eigenvalue weighted by Gasteiger charge is -2.19. The maximum atomic E-state index is 11.4. The summed E-state index contributed by atoms with van der Waals surface area (Å²) in [6.45, 7) is 3.24. The van der Waals surface area contributed by atoms with E-state index in [-0.39, 0.29) is 30.7 Å². The number of hydrogen-bond donors (Lipinski definition) is 2. The summed E-state index contributed by atoms with van der Waals surface area (Å²) >= 11 is 3.45. The van der Waals surface area contributed by atoms with Crippen LogP contribution >= 0.6 is 40.7 Å². The minimum Gasteiger partial charge on any atom is -0.371 e. The molecule has 120 valence electrons. The van der Waals surface area contributed by atoms with E-state index in [1.165, 1.54) is 5.69 Å². The fraction of sp³-hybridized carbons (Fsp3) is 0.500. The summed E-state index contributed by atoms with van der Waals surface area (Å²) in [6.07, 6.45) is 1.13. The third-order valence-corrected chi connectivity index (χ3v) is 3.93. The van der Waals surface area contributed by atoms with E-state index in [1.54, 1.807) is 7.05 Å². The van der Waals surface area contributed by atoms with Gasteiger partial charge < -0.3 is 15.5 Å². The first-order valence-electron chi connectivity index (χ1n) is 6.61. The summed E-state index contributed by atoms with van der Waals surface area (Å²) in [5, 5.41) is 5.83. The van der Waals surface area contributed by atoms with Crippen molar-refractivity contribution in [2.75, 3.05) is 38.1 Å². The van der Waals surface area contributed by atoms with Crippen LogP contribution in [0.2, 0.25) is 0 Å². The van der Waals surface area contributed by atoms with Crippen LogP contribution in [0.3, 0.4) is 0 Å². The molecule has 0 aromatic heterocycles. The average Bonchev–Trinajstić information content (AvgIpc) is 2.86. The van der Waals surface area contributed by atoms with Gasteiger partial charge in [-0.2, -0.15) is 0 Å². The van der Waals surface area contributed by atoms with Crippen LogP contribution < -0.4 is 15.5 Å². The second-order valence-electron chi connectivity index (χ2n) is 4.91. The van der Waals surface area contributed by atoms with Gasteiger partial charge in [-0.25, -0.2) is 0 Å². The molecule has 21 heavy (non-hydrogen) atoms. The van der Waals surface area contributed by atoms with Gasteiger partial charge in [-0.15, -0.1) is 24.8 Å². The molecule has 1 saturated heterocycles. The van der Waals surface area contributed by atoms with Crippen LogP contribution in [0.25, 0.3) is 0 Å². The number of nitrogens with one attached hydrogen (secondary N) is 2. The van der Waals surface area contributed by atoms with Crippen molar-refractivity contribution in [2.24, 2.45) is 5.92 Å². The van der Waals surface area contributed by atoms with Crippen LogP contribution in [0.1, 0.15) is 6.42 Å². The average molecular weight is 399 g/mol. The van der Waals surface area contributed by atoms with E-state index in [4.69, 9.17) is 0 Å². The van der Waals surface area contributed by atoms with Crippen molar-refractivity contribution in [3.8, 4) is 0 Å². The molecule has 0 bridgehead atoms. The van der Waals surface area contributed by atoms with Crippen LogP contribution in [0.15, 0.2) is 28.7 Å². The van der Waals surface area contributed by atoms with Crippen molar-refractivity contribution in [1.29, 1.82) is 0 Å². The third kappa shape index (κ3) is 6.43. The van der Waals surface area contributed by atoms with Gasteiger partial charge in [0.05, 0.1) is 6.54 Å². The van der Waals surface area contributed by atoms with Gasteiger partial charge in [0.2, 0.25) is 5.91 Å². The van der Waals surface area contributed by atoms with Gasteiger partial charge in [0.25, 0.3) is 0 Å². The van der Waals surface area contributed by atoms with Crippen LogP contribution in [0.5, 0.6) is 0 Å². The Balaban J connectivity index is 0.00000200. The lowest BCUT2D eigenvalue weighted by Crippen LogP contribution is -2.36. The number of nitrogens with zero attached hydrogens (tertiary/aromatic N) is 1. The number of amides is 1. The summed E-state index contributed by atoms with van der Waals surface area (Å²) in [7, 11) is 1.78. The molecule has 4 nitrogen and oxygen atoms in total. The van der Waals surface area contributed by atoms with Crippen molar-refractivity contribution in [3.63, 3.8) is 0 Å². The molecule has 1 aromatic rings.